The van der Waals surface area contributed by atoms with Crippen molar-refractivity contribution in [3.63, 3.8) is 0 Å². The zero-order valence-corrected chi connectivity index (χ0v) is 21.8. The third kappa shape index (κ3) is 5.05. The molecule has 0 aliphatic heterocycles. The molecule has 1 aromatic heterocycles. The standard InChI is InChI=1S/C36H31N3/c1-5-14-29(15-6-1)27-37-28-30-16-13-17-31(26-30)35-24-25-39(38-35)36(32-18-7-2-8-19-32,33-20-9-3-10-21-33)34-22-11-4-12-23-34/h1-26,37H,27-28H2. The molecule has 0 bridgehead atoms. The van der Waals surface area contributed by atoms with Crippen LogP contribution < -0.4 is 5.32 Å². The second-order valence-electron chi connectivity index (χ2n) is 9.74. The van der Waals surface area contributed by atoms with Crippen LogP contribution in [0, 0.1) is 0 Å². The molecule has 0 atom stereocenters. The molecule has 0 aliphatic carbocycles. The number of nitrogens with one attached hydrogen (secondary N) is 1. The van der Waals surface area contributed by atoms with Crippen molar-refractivity contribution in [2.24, 2.45) is 0 Å². The van der Waals surface area contributed by atoms with E-state index >= 15 is 0 Å². The Labute approximate surface area is 230 Å². The molecule has 0 saturated carbocycles. The smallest absolute Gasteiger partial charge is 0.138 e. The molecule has 1 N–H and O–H groups in total. The predicted octanol–water partition coefficient (Wildman–Crippen LogP) is 7.68. The highest BCUT2D eigenvalue weighted by Crippen LogP contribution is 2.40. The fourth-order valence-electron chi connectivity index (χ4n) is 5.39. The molecule has 0 amide bonds. The summed E-state index contributed by atoms with van der Waals surface area (Å²) in [4.78, 5) is 0. The summed E-state index contributed by atoms with van der Waals surface area (Å²) in [6.45, 7) is 1.64. The molecule has 3 nitrogen and oxygen atoms in total. The van der Waals surface area contributed by atoms with Gasteiger partial charge in [-0.1, -0.05) is 140 Å². The molecular weight excluding hydrogens is 474 g/mol. The zero-order chi connectivity index (χ0) is 26.3. The van der Waals surface area contributed by atoms with Gasteiger partial charge in [-0.3, -0.25) is 4.68 Å². The average Bonchev–Trinajstić information content (AvgIpc) is 3.51. The Kier molecular flexibility index (Phi) is 7.15. The van der Waals surface area contributed by atoms with Crippen molar-refractivity contribution in [1.29, 1.82) is 0 Å². The maximum Gasteiger partial charge on any atom is 0.138 e. The van der Waals surface area contributed by atoms with Gasteiger partial charge in [0.05, 0.1) is 5.69 Å². The van der Waals surface area contributed by atoms with E-state index in [-0.39, 0.29) is 0 Å². The molecule has 3 heteroatoms. The van der Waals surface area contributed by atoms with Crippen LogP contribution >= 0.6 is 0 Å². The molecule has 0 spiro atoms. The molecular formula is C36H31N3. The van der Waals surface area contributed by atoms with Crippen LogP contribution in [0.25, 0.3) is 11.3 Å². The van der Waals surface area contributed by atoms with Gasteiger partial charge in [0.15, 0.2) is 0 Å². The van der Waals surface area contributed by atoms with Crippen molar-refractivity contribution in [1.82, 2.24) is 15.1 Å². The quantitative estimate of drug-likeness (QED) is 0.204. The lowest BCUT2D eigenvalue weighted by Crippen LogP contribution is -2.38. The van der Waals surface area contributed by atoms with E-state index in [0.29, 0.717) is 0 Å². The second-order valence-corrected chi connectivity index (χ2v) is 9.74. The fourth-order valence-corrected chi connectivity index (χ4v) is 5.39. The van der Waals surface area contributed by atoms with Gasteiger partial charge in [-0.25, -0.2) is 0 Å². The predicted molar refractivity (Wildman–Crippen MR) is 159 cm³/mol. The Morgan fingerprint density at radius 3 is 1.56 bits per heavy atom. The highest BCUT2D eigenvalue weighted by Gasteiger charge is 2.39. The third-order valence-corrected chi connectivity index (χ3v) is 7.23. The van der Waals surface area contributed by atoms with Crippen LogP contribution in [0.1, 0.15) is 27.8 Å². The first-order valence-corrected chi connectivity index (χ1v) is 13.4. The van der Waals surface area contributed by atoms with Gasteiger partial charge in [0.2, 0.25) is 0 Å². The van der Waals surface area contributed by atoms with E-state index in [1.807, 2.05) is 6.07 Å². The molecule has 6 aromatic rings. The van der Waals surface area contributed by atoms with E-state index in [1.54, 1.807) is 0 Å². The van der Waals surface area contributed by atoms with Gasteiger partial charge in [0.25, 0.3) is 0 Å². The van der Waals surface area contributed by atoms with Gasteiger partial charge in [-0.15, -0.1) is 0 Å². The van der Waals surface area contributed by atoms with E-state index in [9.17, 15) is 0 Å². The maximum atomic E-state index is 5.25. The summed E-state index contributed by atoms with van der Waals surface area (Å²) in [7, 11) is 0. The monoisotopic (exact) mass is 505 g/mol. The minimum Gasteiger partial charge on any atom is -0.309 e. The molecule has 0 radical (unpaired) electrons. The molecule has 39 heavy (non-hydrogen) atoms. The first-order valence-electron chi connectivity index (χ1n) is 13.4. The van der Waals surface area contributed by atoms with Gasteiger partial charge < -0.3 is 5.32 Å². The lowest BCUT2D eigenvalue weighted by molar-refractivity contribution is 0.461. The number of hydrogen-bond donors (Lipinski definition) is 1. The number of hydrogen-bond acceptors (Lipinski definition) is 2. The Bertz CT molecular complexity index is 1510. The summed E-state index contributed by atoms with van der Waals surface area (Å²) >= 11 is 0. The van der Waals surface area contributed by atoms with Crippen molar-refractivity contribution in [3.8, 4) is 11.3 Å². The molecule has 1 heterocycles. The number of benzene rings is 5. The van der Waals surface area contributed by atoms with Crippen molar-refractivity contribution in [2.45, 2.75) is 18.6 Å². The van der Waals surface area contributed by atoms with Crippen molar-refractivity contribution in [2.75, 3.05) is 0 Å². The minimum absolute atomic E-state index is 0.614. The first kappa shape index (κ1) is 24.6. The van der Waals surface area contributed by atoms with Gasteiger partial charge in [-0.2, -0.15) is 5.10 Å². The Hall–Kier alpha value is -4.73. The van der Waals surface area contributed by atoms with E-state index in [4.69, 9.17) is 5.10 Å². The lowest BCUT2D eigenvalue weighted by atomic mass is 9.77. The van der Waals surface area contributed by atoms with Crippen LogP contribution in [0.2, 0.25) is 0 Å². The summed E-state index contributed by atoms with van der Waals surface area (Å²) in [5.41, 5.74) is 7.45. The van der Waals surface area contributed by atoms with Crippen LogP contribution in [-0.2, 0) is 18.6 Å². The van der Waals surface area contributed by atoms with Gasteiger partial charge in [0.1, 0.15) is 5.54 Å². The van der Waals surface area contributed by atoms with E-state index in [1.165, 1.54) is 11.1 Å². The van der Waals surface area contributed by atoms with E-state index in [2.05, 4.69) is 162 Å². The average molecular weight is 506 g/mol. The second kappa shape index (κ2) is 11.3. The molecule has 5 aromatic carbocycles. The molecule has 6 rings (SSSR count). The normalized spacial score (nSPS) is 11.4. The van der Waals surface area contributed by atoms with Crippen LogP contribution in [0.5, 0.6) is 0 Å². The van der Waals surface area contributed by atoms with E-state index in [0.717, 1.165) is 41.0 Å². The number of nitrogens with zero attached hydrogens (tertiary/aromatic N) is 2. The maximum absolute atomic E-state index is 5.25. The summed E-state index contributed by atoms with van der Waals surface area (Å²) in [6, 6.07) is 53.3. The molecule has 0 saturated heterocycles. The van der Waals surface area contributed by atoms with Crippen molar-refractivity contribution in [3.05, 3.63) is 186 Å². The van der Waals surface area contributed by atoms with Gasteiger partial charge in [0, 0.05) is 24.8 Å². The largest absolute Gasteiger partial charge is 0.309 e. The third-order valence-electron chi connectivity index (χ3n) is 7.23. The summed E-state index contributed by atoms with van der Waals surface area (Å²) in [6.07, 6.45) is 2.11. The molecule has 190 valence electrons. The Morgan fingerprint density at radius 1 is 0.513 bits per heavy atom. The molecule has 0 unspecified atom stereocenters. The van der Waals surface area contributed by atoms with Crippen LogP contribution in [0.4, 0.5) is 0 Å². The van der Waals surface area contributed by atoms with Gasteiger partial charge in [-0.05, 0) is 39.9 Å². The summed E-state index contributed by atoms with van der Waals surface area (Å²) in [5.74, 6) is 0. The SMILES string of the molecule is c1ccc(CNCc2cccc(-c3ccn(C(c4ccccc4)(c4ccccc4)c4ccccc4)n3)c2)cc1. The lowest BCUT2D eigenvalue weighted by Gasteiger charge is -2.36. The minimum atomic E-state index is -0.614. The van der Waals surface area contributed by atoms with Crippen molar-refractivity contribution < 1.29 is 0 Å². The Morgan fingerprint density at radius 2 is 1.00 bits per heavy atom. The topological polar surface area (TPSA) is 29.9 Å². The Balaban J connectivity index is 1.39. The van der Waals surface area contributed by atoms with E-state index < -0.39 is 5.54 Å². The van der Waals surface area contributed by atoms with Crippen LogP contribution in [-0.4, -0.2) is 9.78 Å². The fraction of sp³-hybridized carbons (Fsp3) is 0.0833. The number of aromatic nitrogens is 2. The molecule has 0 fully saturated rings. The zero-order valence-electron chi connectivity index (χ0n) is 21.8. The molecule has 0 aliphatic rings. The first-order chi connectivity index (χ1) is 19.3. The highest BCUT2D eigenvalue weighted by molar-refractivity contribution is 5.60. The van der Waals surface area contributed by atoms with Gasteiger partial charge >= 0.3 is 0 Å². The van der Waals surface area contributed by atoms with Crippen LogP contribution in [0.15, 0.2) is 158 Å². The summed E-state index contributed by atoms with van der Waals surface area (Å²) in [5, 5.41) is 8.81. The highest BCUT2D eigenvalue weighted by atomic mass is 15.3. The van der Waals surface area contributed by atoms with Crippen LogP contribution in [0.3, 0.4) is 0 Å². The van der Waals surface area contributed by atoms with Crippen molar-refractivity contribution >= 4 is 0 Å². The summed E-state index contributed by atoms with van der Waals surface area (Å²) < 4.78 is 2.13. The number of rotatable bonds is 9.